The topological polar surface area (TPSA) is 53.4 Å². The number of carbonyl (C=O) groups is 1. The van der Waals surface area contributed by atoms with Gasteiger partial charge in [-0.2, -0.15) is 0 Å². The number of hydrogen-bond acceptors (Lipinski definition) is 3. The van der Waals surface area contributed by atoms with Crippen molar-refractivity contribution in [3.63, 3.8) is 0 Å². The van der Waals surface area contributed by atoms with E-state index in [2.05, 4.69) is 4.98 Å². The predicted molar refractivity (Wildman–Crippen MR) is 64.2 cm³/mol. The van der Waals surface area contributed by atoms with E-state index in [0.717, 1.165) is 24.3 Å². The smallest absolute Gasteiger partial charge is 0.339 e. The van der Waals surface area contributed by atoms with E-state index in [1.54, 1.807) is 6.07 Å². The van der Waals surface area contributed by atoms with Crippen LogP contribution in [0.2, 0.25) is 0 Å². The Morgan fingerprint density at radius 2 is 1.94 bits per heavy atom. The van der Waals surface area contributed by atoms with Gasteiger partial charge in [-0.3, -0.25) is 0 Å². The third kappa shape index (κ3) is 2.32. The predicted octanol–water partition coefficient (Wildman–Crippen LogP) is 2.24. The van der Waals surface area contributed by atoms with Crippen molar-refractivity contribution in [1.82, 2.24) is 4.98 Å². The van der Waals surface area contributed by atoms with E-state index >= 15 is 0 Å². The molecule has 4 heteroatoms. The molecule has 0 bridgehead atoms. The summed E-state index contributed by atoms with van der Waals surface area (Å²) in [6.07, 6.45) is 0. The first-order valence-corrected chi connectivity index (χ1v) is 5.47. The molecule has 0 aliphatic rings. The van der Waals surface area contributed by atoms with Crippen molar-refractivity contribution in [2.45, 2.75) is 27.7 Å². The van der Waals surface area contributed by atoms with E-state index < -0.39 is 5.97 Å². The maximum atomic E-state index is 11.2. The zero-order valence-electron chi connectivity index (χ0n) is 10.2. The van der Waals surface area contributed by atoms with Crippen LogP contribution in [-0.2, 0) is 0 Å². The van der Waals surface area contributed by atoms with Crippen LogP contribution in [0.25, 0.3) is 0 Å². The first-order valence-electron chi connectivity index (χ1n) is 5.47. The molecular formula is C12H18N2O2. The highest BCUT2D eigenvalue weighted by Gasteiger charge is 2.18. The molecular weight excluding hydrogens is 204 g/mol. The van der Waals surface area contributed by atoms with E-state index in [1.165, 1.54) is 0 Å². The van der Waals surface area contributed by atoms with Gasteiger partial charge in [-0.15, -0.1) is 0 Å². The number of hydrogen-bond donors (Lipinski definition) is 1. The van der Waals surface area contributed by atoms with Crippen LogP contribution in [-0.4, -0.2) is 29.1 Å². The lowest BCUT2D eigenvalue weighted by molar-refractivity contribution is 0.0696. The summed E-state index contributed by atoms with van der Waals surface area (Å²) in [6, 6.07) is 1.80. The summed E-state index contributed by atoms with van der Waals surface area (Å²) < 4.78 is 0. The molecule has 1 heterocycles. The molecule has 0 atom stereocenters. The second kappa shape index (κ2) is 4.96. The summed E-state index contributed by atoms with van der Waals surface area (Å²) in [5.41, 5.74) is 1.93. The maximum absolute atomic E-state index is 11.2. The molecule has 0 spiro atoms. The summed E-state index contributed by atoms with van der Waals surface area (Å²) in [4.78, 5) is 17.5. The Labute approximate surface area is 95.9 Å². The zero-order valence-corrected chi connectivity index (χ0v) is 10.2. The first kappa shape index (κ1) is 12.5. The molecule has 0 aliphatic carbocycles. The normalized spacial score (nSPS) is 10.2. The van der Waals surface area contributed by atoms with E-state index in [4.69, 9.17) is 0 Å². The van der Waals surface area contributed by atoms with Crippen LogP contribution in [0.5, 0.6) is 0 Å². The van der Waals surface area contributed by atoms with E-state index in [-0.39, 0.29) is 0 Å². The Morgan fingerprint density at radius 3 is 2.38 bits per heavy atom. The minimum Gasteiger partial charge on any atom is -0.478 e. The Kier molecular flexibility index (Phi) is 3.88. The Bertz CT molecular complexity index is 398. The summed E-state index contributed by atoms with van der Waals surface area (Å²) in [5, 5.41) is 9.21. The summed E-state index contributed by atoms with van der Waals surface area (Å²) >= 11 is 0. The fraction of sp³-hybridized carbons (Fsp3) is 0.500. The van der Waals surface area contributed by atoms with Crippen molar-refractivity contribution in [3.05, 3.63) is 22.9 Å². The van der Waals surface area contributed by atoms with Crippen molar-refractivity contribution >= 4 is 11.8 Å². The number of carboxylic acid groups (broad SMARTS) is 1. The van der Waals surface area contributed by atoms with Crippen LogP contribution in [0.4, 0.5) is 5.82 Å². The standard InChI is InChI=1S/C12H18N2O2/c1-5-14(6-2)11-10(12(15)16)8(3)7-9(4)13-11/h7H,5-6H2,1-4H3,(H,15,16). The minimum absolute atomic E-state index is 0.314. The monoisotopic (exact) mass is 222 g/mol. The zero-order chi connectivity index (χ0) is 12.3. The molecule has 0 aliphatic heterocycles. The molecule has 1 aromatic rings. The lowest BCUT2D eigenvalue weighted by Gasteiger charge is -2.22. The molecule has 1 rings (SSSR count). The van der Waals surface area contributed by atoms with E-state index in [0.29, 0.717) is 11.4 Å². The van der Waals surface area contributed by atoms with Crippen molar-refractivity contribution in [2.75, 3.05) is 18.0 Å². The molecule has 0 saturated carbocycles. The number of carboxylic acids is 1. The van der Waals surface area contributed by atoms with Gasteiger partial charge >= 0.3 is 5.97 Å². The largest absolute Gasteiger partial charge is 0.478 e. The Hall–Kier alpha value is -1.58. The molecule has 0 fully saturated rings. The van der Waals surface area contributed by atoms with Gasteiger partial charge in [-0.25, -0.2) is 9.78 Å². The van der Waals surface area contributed by atoms with Crippen molar-refractivity contribution in [3.8, 4) is 0 Å². The van der Waals surface area contributed by atoms with Crippen LogP contribution in [0.1, 0.15) is 35.5 Å². The van der Waals surface area contributed by atoms with Gasteiger partial charge in [-0.05, 0) is 39.3 Å². The van der Waals surface area contributed by atoms with Crippen molar-refractivity contribution in [1.29, 1.82) is 0 Å². The SMILES string of the molecule is CCN(CC)c1nc(C)cc(C)c1C(=O)O. The maximum Gasteiger partial charge on any atom is 0.339 e. The lowest BCUT2D eigenvalue weighted by Crippen LogP contribution is -2.26. The number of aryl methyl sites for hydroxylation is 2. The average molecular weight is 222 g/mol. The minimum atomic E-state index is -0.910. The quantitative estimate of drug-likeness (QED) is 0.848. The second-order valence-electron chi connectivity index (χ2n) is 3.76. The van der Waals surface area contributed by atoms with Crippen LogP contribution >= 0.6 is 0 Å². The van der Waals surface area contributed by atoms with Crippen molar-refractivity contribution in [2.24, 2.45) is 0 Å². The number of anilines is 1. The average Bonchev–Trinajstić information content (AvgIpc) is 2.17. The number of aromatic carboxylic acids is 1. The van der Waals surface area contributed by atoms with Gasteiger partial charge in [0, 0.05) is 18.8 Å². The molecule has 4 nitrogen and oxygen atoms in total. The summed E-state index contributed by atoms with van der Waals surface area (Å²) in [7, 11) is 0. The van der Waals surface area contributed by atoms with Crippen LogP contribution in [0.3, 0.4) is 0 Å². The van der Waals surface area contributed by atoms with E-state index in [9.17, 15) is 9.90 Å². The van der Waals surface area contributed by atoms with Crippen LogP contribution in [0, 0.1) is 13.8 Å². The Morgan fingerprint density at radius 1 is 1.38 bits per heavy atom. The van der Waals surface area contributed by atoms with Gasteiger partial charge in [-0.1, -0.05) is 0 Å². The highest BCUT2D eigenvalue weighted by Crippen LogP contribution is 2.22. The molecule has 0 radical (unpaired) electrons. The van der Waals surface area contributed by atoms with Gasteiger partial charge in [0.05, 0.1) is 0 Å². The van der Waals surface area contributed by atoms with Crippen LogP contribution in [0.15, 0.2) is 6.07 Å². The van der Waals surface area contributed by atoms with E-state index in [1.807, 2.05) is 32.6 Å². The summed E-state index contributed by atoms with van der Waals surface area (Å²) in [6.45, 7) is 9.19. The molecule has 0 aromatic carbocycles. The second-order valence-corrected chi connectivity index (χ2v) is 3.76. The lowest BCUT2D eigenvalue weighted by atomic mass is 10.1. The molecule has 0 amide bonds. The third-order valence-electron chi connectivity index (χ3n) is 2.60. The number of pyridine rings is 1. The first-order chi connectivity index (χ1) is 7.51. The third-order valence-corrected chi connectivity index (χ3v) is 2.60. The molecule has 88 valence electrons. The molecule has 16 heavy (non-hydrogen) atoms. The number of nitrogens with zero attached hydrogens (tertiary/aromatic N) is 2. The highest BCUT2D eigenvalue weighted by molar-refractivity contribution is 5.95. The van der Waals surface area contributed by atoms with Gasteiger partial charge in [0.25, 0.3) is 0 Å². The van der Waals surface area contributed by atoms with Gasteiger partial charge in [0.2, 0.25) is 0 Å². The molecule has 1 N–H and O–H groups in total. The van der Waals surface area contributed by atoms with Crippen LogP contribution < -0.4 is 4.90 Å². The molecule has 0 saturated heterocycles. The number of rotatable bonds is 4. The Balaban J connectivity index is 3.39. The van der Waals surface area contributed by atoms with Gasteiger partial charge in [0.1, 0.15) is 11.4 Å². The van der Waals surface area contributed by atoms with Crippen molar-refractivity contribution < 1.29 is 9.90 Å². The fourth-order valence-electron chi connectivity index (χ4n) is 1.83. The van der Waals surface area contributed by atoms with Gasteiger partial charge in [0.15, 0.2) is 0 Å². The number of aromatic nitrogens is 1. The summed E-state index contributed by atoms with van der Waals surface area (Å²) in [5.74, 6) is -0.332. The highest BCUT2D eigenvalue weighted by atomic mass is 16.4. The molecule has 1 aromatic heterocycles. The fourth-order valence-corrected chi connectivity index (χ4v) is 1.83. The van der Waals surface area contributed by atoms with Gasteiger partial charge < -0.3 is 10.0 Å². The molecule has 0 unspecified atom stereocenters.